The van der Waals surface area contributed by atoms with Crippen LogP contribution >= 0.6 is 0 Å². The largest absolute Gasteiger partial charge is 0.469 e. The van der Waals surface area contributed by atoms with Crippen LogP contribution in [-0.2, 0) is 23.9 Å². The molecule has 0 aromatic heterocycles. The second-order valence-corrected chi connectivity index (χ2v) is 8.15. The van der Waals surface area contributed by atoms with Crippen LogP contribution in [-0.4, -0.2) is 30.4 Å². The summed E-state index contributed by atoms with van der Waals surface area (Å²) >= 11 is 0. The van der Waals surface area contributed by atoms with Crippen molar-refractivity contribution in [1.82, 2.24) is 0 Å². The van der Waals surface area contributed by atoms with Gasteiger partial charge in [-0.15, -0.1) is 0 Å². The van der Waals surface area contributed by atoms with Gasteiger partial charge in [-0.3, -0.25) is 14.4 Å². The van der Waals surface area contributed by atoms with E-state index in [9.17, 15) is 14.4 Å². The van der Waals surface area contributed by atoms with E-state index in [-0.39, 0.29) is 40.9 Å². The molecule has 1 heterocycles. The summed E-state index contributed by atoms with van der Waals surface area (Å²) in [5.74, 6) is -0.583. The molecule has 0 aromatic carbocycles. The van der Waals surface area contributed by atoms with E-state index in [1.165, 1.54) is 7.11 Å². The highest BCUT2D eigenvalue weighted by Gasteiger charge is 2.82. The molecule has 3 saturated carbocycles. The third-order valence-corrected chi connectivity index (χ3v) is 6.88. The van der Waals surface area contributed by atoms with Crippen molar-refractivity contribution in [3.05, 3.63) is 0 Å². The van der Waals surface area contributed by atoms with E-state index < -0.39 is 11.0 Å². The molecule has 1 spiro atoms. The molecule has 4 fully saturated rings. The molecule has 5 nitrogen and oxygen atoms in total. The van der Waals surface area contributed by atoms with Crippen LogP contribution in [0, 0.1) is 28.6 Å². The van der Waals surface area contributed by atoms with Crippen molar-refractivity contribution in [2.24, 2.45) is 28.6 Å². The predicted molar refractivity (Wildman–Crippen MR) is 75.6 cm³/mol. The van der Waals surface area contributed by atoms with Crippen molar-refractivity contribution in [2.45, 2.75) is 51.6 Å². The predicted octanol–water partition coefficient (Wildman–Crippen LogP) is 1.88. The highest BCUT2D eigenvalue weighted by atomic mass is 16.6. The number of methoxy groups -OCH3 is 1. The summed E-state index contributed by atoms with van der Waals surface area (Å²) in [5.41, 5.74) is -1.93. The summed E-state index contributed by atoms with van der Waals surface area (Å²) in [6.45, 7) is 3.89. The molecular weight excluding hydrogens is 284 g/mol. The third kappa shape index (κ3) is 1.30. The first-order chi connectivity index (χ1) is 10.3. The lowest BCUT2D eigenvalue weighted by atomic mass is 9.63. The van der Waals surface area contributed by atoms with Gasteiger partial charge in [0.05, 0.1) is 13.0 Å². The number of carbonyl (C=O) groups is 3. The van der Waals surface area contributed by atoms with E-state index >= 15 is 0 Å². The molecule has 0 aromatic rings. The minimum Gasteiger partial charge on any atom is -0.469 e. The van der Waals surface area contributed by atoms with E-state index in [2.05, 4.69) is 0 Å². The van der Waals surface area contributed by atoms with Gasteiger partial charge in [0.2, 0.25) is 0 Å². The second-order valence-electron chi connectivity index (χ2n) is 8.15. The van der Waals surface area contributed by atoms with Gasteiger partial charge in [-0.1, -0.05) is 13.8 Å². The van der Waals surface area contributed by atoms with Crippen molar-refractivity contribution >= 4 is 17.7 Å². The summed E-state index contributed by atoms with van der Waals surface area (Å²) in [7, 11) is 1.39. The molecule has 3 aliphatic carbocycles. The van der Waals surface area contributed by atoms with E-state index in [0.29, 0.717) is 12.8 Å². The van der Waals surface area contributed by atoms with Crippen LogP contribution < -0.4 is 0 Å². The highest BCUT2D eigenvalue weighted by Crippen LogP contribution is 2.75. The monoisotopic (exact) mass is 306 g/mol. The molecule has 5 atom stereocenters. The minimum absolute atomic E-state index is 0.0105. The molecule has 22 heavy (non-hydrogen) atoms. The normalized spacial score (nSPS) is 47.9. The van der Waals surface area contributed by atoms with Crippen molar-refractivity contribution in [2.75, 3.05) is 7.11 Å². The van der Waals surface area contributed by atoms with Crippen LogP contribution in [0.15, 0.2) is 0 Å². The fourth-order valence-corrected chi connectivity index (χ4v) is 6.41. The number of esters is 2. The van der Waals surface area contributed by atoms with Crippen molar-refractivity contribution in [3.63, 3.8) is 0 Å². The van der Waals surface area contributed by atoms with Crippen molar-refractivity contribution in [3.8, 4) is 0 Å². The summed E-state index contributed by atoms with van der Waals surface area (Å²) < 4.78 is 10.7. The SMILES string of the molecule is COC(=O)[C@@H]1C[C@]23OC(=O)C[C@H]4CC[C@@H]1[C@]42CC(C)(C)C3=O. The number of ketones is 1. The Labute approximate surface area is 129 Å². The fraction of sp³-hybridized carbons (Fsp3) is 0.824. The van der Waals surface area contributed by atoms with Crippen LogP contribution in [0.2, 0.25) is 0 Å². The quantitative estimate of drug-likeness (QED) is 0.692. The summed E-state index contributed by atoms with van der Waals surface area (Å²) in [5, 5.41) is 0. The van der Waals surface area contributed by atoms with E-state index in [0.717, 1.165) is 19.3 Å². The Hall–Kier alpha value is -1.39. The zero-order valence-corrected chi connectivity index (χ0v) is 13.3. The highest BCUT2D eigenvalue weighted by molar-refractivity contribution is 6.00. The smallest absolute Gasteiger partial charge is 0.309 e. The Morgan fingerprint density at radius 1 is 1.27 bits per heavy atom. The number of hydrogen-bond acceptors (Lipinski definition) is 5. The Bertz CT molecular complexity index is 594. The second kappa shape index (κ2) is 3.92. The molecule has 4 aliphatic rings. The number of carbonyl (C=O) groups excluding carboxylic acids is 3. The van der Waals surface area contributed by atoms with E-state index in [1.54, 1.807) is 0 Å². The Balaban J connectivity index is 1.91. The van der Waals surface area contributed by atoms with Gasteiger partial charge in [0, 0.05) is 23.7 Å². The minimum atomic E-state index is -1.09. The van der Waals surface area contributed by atoms with E-state index in [4.69, 9.17) is 9.47 Å². The van der Waals surface area contributed by atoms with Gasteiger partial charge in [-0.05, 0) is 31.1 Å². The Morgan fingerprint density at radius 3 is 2.68 bits per heavy atom. The van der Waals surface area contributed by atoms with Gasteiger partial charge >= 0.3 is 11.9 Å². The average Bonchev–Trinajstić information content (AvgIpc) is 2.99. The third-order valence-electron chi connectivity index (χ3n) is 6.88. The maximum absolute atomic E-state index is 13.2. The van der Waals surface area contributed by atoms with Crippen LogP contribution in [0.4, 0.5) is 0 Å². The number of rotatable bonds is 1. The summed E-state index contributed by atoms with van der Waals surface area (Å²) in [6, 6.07) is 0. The van der Waals surface area contributed by atoms with Crippen molar-refractivity contribution < 1.29 is 23.9 Å². The molecule has 0 radical (unpaired) electrons. The molecule has 120 valence electrons. The molecule has 0 unspecified atom stereocenters. The molecule has 1 saturated heterocycles. The first-order valence-corrected chi connectivity index (χ1v) is 8.13. The standard InChI is InChI=1S/C17H22O5/c1-15(2)8-16-9-4-5-11(16)10(13(19)21-3)7-17(16,14(15)20)22-12(18)6-9/h9-11H,4-8H2,1-3H3/t9-,10-,11+,16+,17-/m1/s1. The van der Waals surface area contributed by atoms with Gasteiger partial charge in [0.25, 0.3) is 0 Å². The molecule has 0 amide bonds. The number of hydrogen-bond donors (Lipinski definition) is 0. The zero-order valence-electron chi connectivity index (χ0n) is 13.3. The summed E-state index contributed by atoms with van der Waals surface area (Å²) in [4.78, 5) is 37.5. The first kappa shape index (κ1) is 14.2. The average molecular weight is 306 g/mol. The lowest BCUT2D eigenvalue weighted by molar-refractivity contribution is -0.193. The summed E-state index contributed by atoms with van der Waals surface area (Å²) in [6.07, 6.45) is 3.20. The van der Waals surface area contributed by atoms with Crippen molar-refractivity contribution in [1.29, 1.82) is 0 Å². The molecule has 0 N–H and O–H groups in total. The lowest BCUT2D eigenvalue weighted by Crippen LogP contribution is -2.56. The van der Waals surface area contributed by atoms with Gasteiger partial charge in [0.15, 0.2) is 11.4 Å². The van der Waals surface area contributed by atoms with Gasteiger partial charge in [-0.25, -0.2) is 0 Å². The first-order valence-electron chi connectivity index (χ1n) is 8.13. The fourth-order valence-electron chi connectivity index (χ4n) is 6.41. The van der Waals surface area contributed by atoms with Gasteiger partial charge < -0.3 is 9.47 Å². The van der Waals surface area contributed by atoms with Crippen LogP contribution in [0.5, 0.6) is 0 Å². The molecule has 0 bridgehead atoms. The lowest BCUT2D eigenvalue weighted by Gasteiger charge is -2.46. The maximum atomic E-state index is 13.2. The van der Waals surface area contributed by atoms with Crippen LogP contribution in [0.3, 0.4) is 0 Å². The number of Topliss-reactive ketones (excluding diaryl/α,β-unsaturated/α-hetero) is 1. The topological polar surface area (TPSA) is 69.7 Å². The maximum Gasteiger partial charge on any atom is 0.309 e. The zero-order chi connectivity index (χ0) is 15.9. The Kier molecular flexibility index (Phi) is 2.54. The molecule has 4 rings (SSSR count). The van der Waals surface area contributed by atoms with E-state index in [1.807, 2.05) is 13.8 Å². The van der Waals surface area contributed by atoms with Crippen LogP contribution in [0.25, 0.3) is 0 Å². The Morgan fingerprint density at radius 2 is 2.00 bits per heavy atom. The number of ether oxygens (including phenoxy) is 2. The van der Waals surface area contributed by atoms with Crippen LogP contribution in [0.1, 0.15) is 46.0 Å². The molecule has 1 aliphatic heterocycles. The molecular formula is C17H22O5. The van der Waals surface area contributed by atoms with Gasteiger partial charge in [-0.2, -0.15) is 0 Å². The van der Waals surface area contributed by atoms with Gasteiger partial charge in [0.1, 0.15) is 0 Å². The molecule has 5 heteroatoms.